The molecule has 0 aliphatic rings. The fraction of sp³-hybridized carbons (Fsp3) is 0. The van der Waals surface area contributed by atoms with Crippen LogP contribution >= 0.6 is 22.6 Å². The molecule has 1 amide bonds. The number of aromatic carboxylic acids is 1. The number of halogens is 1. The van der Waals surface area contributed by atoms with Gasteiger partial charge in [0.15, 0.2) is 0 Å². The molecule has 0 saturated heterocycles. The van der Waals surface area contributed by atoms with Gasteiger partial charge in [-0.15, -0.1) is 0 Å². The number of carbonyl (C=O) groups is 2. The van der Waals surface area contributed by atoms with Crippen molar-refractivity contribution in [3.63, 3.8) is 0 Å². The number of nitrogens with one attached hydrogen (secondary N) is 1. The molecule has 4 nitrogen and oxygen atoms in total. The van der Waals surface area contributed by atoms with E-state index in [2.05, 4.69) is 5.32 Å². The second-order valence-electron chi connectivity index (χ2n) is 2.28. The summed E-state index contributed by atoms with van der Waals surface area (Å²) < 4.78 is -0.250. The third kappa shape index (κ3) is 3.02. The van der Waals surface area contributed by atoms with Crippen LogP contribution in [-0.2, 0) is 0 Å². The van der Waals surface area contributed by atoms with Gasteiger partial charge in [0.05, 0.1) is 5.56 Å². The molecule has 1 aromatic carbocycles. The van der Waals surface area contributed by atoms with Gasteiger partial charge < -0.3 is 10.4 Å². The van der Waals surface area contributed by atoms with Crippen molar-refractivity contribution in [2.75, 3.05) is 5.32 Å². The van der Waals surface area contributed by atoms with Gasteiger partial charge in [0, 0.05) is 28.3 Å². The Bertz CT molecular complexity index is 351. The smallest absolute Gasteiger partial charge is 0.335 e. The van der Waals surface area contributed by atoms with Crippen LogP contribution < -0.4 is 5.32 Å². The molecule has 5 heteroatoms. The minimum atomic E-state index is -1.01. The minimum absolute atomic E-state index is 0.155. The summed E-state index contributed by atoms with van der Waals surface area (Å²) in [6.45, 7) is 0. The number of benzene rings is 1. The summed E-state index contributed by atoms with van der Waals surface area (Å²) in [7, 11) is 0. The highest BCUT2D eigenvalue weighted by Gasteiger charge is 2.03. The van der Waals surface area contributed by atoms with Gasteiger partial charge in [0.2, 0.25) is 0 Å². The standard InChI is InChI=1S/C8H6INO3/c9-8(13)10-6-3-1-2-5(4-6)7(11)12/h1-4H,(H,10,13)(H,11,12). The zero-order valence-electron chi connectivity index (χ0n) is 6.45. The van der Waals surface area contributed by atoms with Gasteiger partial charge >= 0.3 is 5.97 Å². The monoisotopic (exact) mass is 291 g/mol. The topological polar surface area (TPSA) is 66.4 Å². The normalized spacial score (nSPS) is 9.31. The zero-order valence-corrected chi connectivity index (χ0v) is 8.61. The molecular formula is C8H6INO3. The van der Waals surface area contributed by atoms with Gasteiger partial charge in [-0.3, -0.25) is 4.79 Å². The van der Waals surface area contributed by atoms with Crippen LogP contribution in [-0.4, -0.2) is 15.0 Å². The lowest BCUT2D eigenvalue weighted by Gasteiger charge is -2.01. The van der Waals surface area contributed by atoms with Gasteiger partial charge in [-0.05, 0) is 18.2 Å². The van der Waals surface area contributed by atoms with Crippen LogP contribution in [0.15, 0.2) is 24.3 Å². The van der Waals surface area contributed by atoms with E-state index in [-0.39, 0.29) is 9.48 Å². The predicted octanol–water partition coefficient (Wildman–Crippen LogP) is 2.35. The number of carboxylic acid groups (broad SMARTS) is 1. The molecule has 2 N–H and O–H groups in total. The molecule has 68 valence electrons. The fourth-order valence-electron chi connectivity index (χ4n) is 0.843. The van der Waals surface area contributed by atoms with Crippen molar-refractivity contribution >= 4 is 38.2 Å². The number of hydrogen-bond acceptors (Lipinski definition) is 2. The predicted molar refractivity (Wildman–Crippen MR) is 56.4 cm³/mol. The summed E-state index contributed by atoms with van der Waals surface area (Å²) >= 11 is 1.58. The van der Waals surface area contributed by atoms with Crippen molar-refractivity contribution in [1.29, 1.82) is 0 Å². The molecule has 0 spiro atoms. The summed E-state index contributed by atoms with van der Waals surface area (Å²) in [5.41, 5.74) is 0.641. The number of anilines is 1. The van der Waals surface area contributed by atoms with E-state index in [1.54, 1.807) is 34.7 Å². The zero-order chi connectivity index (χ0) is 9.84. The summed E-state index contributed by atoms with van der Waals surface area (Å²) in [5, 5.41) is 11.1. The first-order valence-corrected chi connectivity index (χ1v) is 4.47. The van der Waals surface area contributed by atoms with E-state index < -0.39 is 5.97 Å². The van der Waals surface area contributed by atoms with Crippen molar-refractivity contribution in [2.24, 2.45) is 0 Å². The van der Waals surface area contributed by atoms with Crippen LogP contribution in [0.4, 0.5) is 10.5 Å². The summed E-state index contributed by atoms with van der Waals surface area (Å²) in [6.07, 6.45) is 0. The molecule has 1 aromatic rings. The van der Waals surface area contributed by atoms with Crippen LogP contribution in [0.3, 0.4) is 0 Å². The number of carboxylic acids is 1. The van der Waals surface area contributed by atoms with E-state index in [1.165, 1.54) is 12.1 Å². The molecule has 0 bridgehead atoms. The SMILES string of the molecule is O=C(I)Nc1cccc(C(=O)O)c1. The first-order chi connectivity index (χ1) is 6.09. The molecule has 0 saturated carbocycles. The van der Waals surface area contributed by atoms with Crippen molar-refractivity contribution in [3.8, 4) is 0 Å². The molecule has 0 radical (unpaired) electrons. The number of amides is 1. The molecule has 0 unspecified atom stereocenters. The van der Waals surface area contributed by atoms with E-state index in [1.807, 2.05) is 0 Å². The first-order valence-electron chi connectivity index (χ1n) is 3.39. The molecule has 0 aliphatic heterocycles. The quantitative estimate of drug-likeness (QED) is 0.499. The molecule has 0 fully saturated rings. The minimum Gasteiger partial charge on any atom is -0.478 e. The van der Waals surface area contributed by atoms with Gasteiger partial charge in [-0.25, -0.2) is 4.79 Å². The van der Waals surface area contributed by atoms with Crippen LogP contribution in [0, 0.1) is 0 Å². The third-order valence-electron chi connectivity index (χ3n) is 1.35. The van der Waals surface area contributed by atoms with Crippen molar-refractivity contribution in [1.82, 2.24) is 0 Å². The van der Waals surface area contributed by atoms with Crippen LogP contribution in [0.2, 0.25) is 0 Å². The molecule has 1 rings (SSSR count). The second kappa shape index (κ2) is 4.22. The molecule has 13 heavy (non-hydrogen) atoms. The highest BCUT2D eigenvalue weighted by Crippen LogP contribution is 2.11. The lowest BCUT2D eigenvalue weighted by Crippen LogP contribution is -2.02. The Morgan fingerprint density at radius 3 is 2.62 bits per heavy atom. The van der Waals surface area contributed by atoms with Gasteiger partial charge in [-0.2, -0.15) is 0 Å². The Balaban J connectivity index is 2.91. The number of carbonyl (C=O) groups excluding carboxylic acids is 1. The largest absolute Gasteiger partial charge is 0.478 e. The average molecular weight is 291 g/mol. The second-order valence-corrected chi connectivity index (χ2v) is 3.26. The van der Waals surface area contributed by atoms with Crippen LogP contribution in [0.5, 0.6) is 0 Å². The maximum absolute atomic E-state index is 10.6. The molecular weight excluding hydrogens is 285 g/mol. The lowest BCUT2D eigenvalue weighted by atomic mass is 10.2. The third-order valence-corrected chi connectivity index (χ3v) is 1.62. The molecule has 0 aromatic heterocycles. The summed E-state index contributed by atoms with van der Waals surface area (Å²) in [6, 6.07) is 6.07. The Morgan fingerprint density at radius 1 is 1.38 bits per heavy atom. The fourth-order valence-corrected chi connectivity index (χ4v) is 1.15. The van der Waals surface area contributed by atoms with E-state index >= 15 is 0 Å². The van der Waals surface area contributed by atoms with Crippen LogP contribution in [0.25, 0.3) is 0 Å². The van der Waals surface area contributed by atoms with Crippen LogP contribution in [0.1, 0.15) is 10.4 Å². The number of hydrogen-bond donors (Lipinski definition) is 2. The number of rotatable bonds is 2. The first kappa shape index (κ1) is 9.97. The van der Waals surface area contributed by atoms with Crippen molar-refractivity contribution in [2.45, 2.75) is 0 Å². The Kier molecular flexibility index (Phi) is 3.24. The highest BCUT2D eigenvalue weighted by molar-refractivity contribution is 14.1. The van der Waals surface area contributed by atoms with E-state index in [0.29, 0.717) is 5.69 Å². The van der Waals surface area contributed by atoms with Gasteiger partial charge in [0.1, 0.15) is 0 Å². The maximum atomic E-state index is 10.6. The maximum Gasteiger partial charge on any atom is 0.335 e. The van der Waals surface area contributed by atoms with Crippen molar-refractivity contribution < 1.29 is 14.7 Å². The molecule has 0 atom stereocenters. The summed E-state index contributed by atoms with van der Waals surface area (Å²) in [4.78, 5) is 21.1. The highest BCUT2D eigenvalue weighted by atomic mass is 127. The molecule has 0 heterocycles. The van der Waals surface area contributed by atoms with Gasteiger partial charge in [0.25, 0.3) is 3.91 Å². The molecule has 0 aliphatic carbocycles. The Hall–Kier alpha value is -1.11. The van der Waals surface area contributed by atoms with E-state index in [4.69, 9.17) is 5.11 Å². The van der Waals surface area contributed by atoms with E-state index in [0.717, 1.165) is 0 Å². The van der Waals surface area contributed by atoms with Gasteiger partial charge in [-0.1, -0.05) is 6.07 Å². The lowest BCUT2D eigenvalue weighted by molar-refractivity contribution is 0.0697. The Labute approximate surface area is 88.1 Å². The average Bonchev–Trinajstić information content (AvgIpc) is 2.03. The van der Waals surface area contributed by atoms with Crippen molar-refractivity contribution in [3.05, 3.63) is 29.8 Å². The Morgan fingerprint density at radius 2 is 2.08 bits per heavy atom. The van der Waals surface area contributed by atoms with E-state index in [9.17, 15) is 9.59 Å². The summed E-state index contributed by atoms with van der Waals surface area (Å²) in [5.74, 6) is -1.01.